The zero-order valence-electron chi connectivity index (χ0n) is 40.3. The quantitative estimate of drug-likeness (QED) is 0.0211. The van der Waals surface area contributed by atoms with E-state index >= 15 is 4.79 Å². The Hall–Kier alpha value is -5.97. The standard InChI is InChI=1S/C51H64N2O14/c1-11-67-51(6,7)15-14-36(57)66-23-21-64-19-17-53-47-30-24-28(4)37(29(5)54)46-44-38(30)43-40(48(47)58)32(55)26-34(61-9)42(43)41-33(60-8)25-31(39(45(41)44)49(59)50(46)62-10)52-16-18-63-20-22-65-35(56)13-12-27(2)3/h24-27,37,52-53,55H,11-23H2,1-10H3. The van der Waals surface area contributed by atoms with Crippen molar-refractivity contribution >= 4 is 78.3 Å². The van der Waals surface area contributed by atoms with Gasteiger partial charge in [-0.15, -0.1) is 0 Å². The molecule has 16 heteroatoms. The lowest BCUT2D eigenvalue weighted by Gasteiger charge is -2.25. The third kappa shape index (κ3) is 10.5. The molecule has 0 saturated heterocycles. The van der Waals surface area contributed by atoms with Gasteiger partial charge in [-0.05, 0) is 58.8 Å². The van der Waals surface area contributed by atoms with Crippen LogP contribution in [0.2, 0.25) is 0 Å². The minimum absolute atomic E-state index is 0.00774. The van der Waals surface area contributed by atoms with E-state index < -0.39 is 22.4 Å². The Kier molecular flexibility index (Phi) is 16.4. The smallest absolute Gasteiger partial charge is 0.305 e. The Morgan fingerprint density at radius 3 is 1.91 bits per heavy atom. The third-order valence-corrected chi connectivity index (χ3v) is 12.2. The van der Waals surface area contributed by atoms with Crippen molar-refractivity contribution in [3.8, 4) is 23.0 Å². The maximum atomic E-state index is 15.0. The second-order valence-electron chi connectivity index (χ2n) is 17.7. The molecule has 0 aliphatic heterocycles. The van der Waals surface area contributed by atoms with Crippen molar-refractivity contribution < 1.29 is 57.4 Å². The fourth-order valence-electron chi connectivity index (χ4n) is 9.15. The molecule has 1 atom stereocenters. The van der Waals surface area contributed by atoms with Gasteiger partial charge in [-0.3, -0.25) is 24.0 Å². The first-order valence-corrected chi connectivity index (χ1v) is 22.9. The van der Waals surface area contributed by atoms with E-state index in [4.69, 9.17) is 37.9 Å². The van der Waals surface area contributed by atoms with Crippen LogP contribution >= 0.6 is 0 Å². The summed E-state index contributed by atoms with van der Waals surface area (Å²) in [6, 6.07) is 3.06. The number of benzene rings is 5. The second-order valence-corrected chi connectivity index (χ2v) is 17.7. The molecule has 0 bridgehead atoms. The largest absolute Gasteiger partial charge is 0.507 e. The lowest BCUT2D eigenvalue weighted by Crippen LogP contribution is -2.26. The molecule has 1 aliphatic carbocycles. The number of allylic oxidation sites excluding steroid dienone is 1. The number of phenolic OH excluding ortho intramolecular Hbond substituents is 1. The number of ketones is 1. The number of ether oxygens (including phenoxy) is 8. The maximum Gasteiger partial charge on any atom is 0.305 e. The molecular formula is C51H64N2O14. The minimum Gasteiger partial charge on any atom is -0.507 e. The first kappa shape index (κ1) is 50.4. The van der Waals surface area contributed by atoms with Crippen molar-refractivity contribution in [1.29, 1.82) is 0 Å². The average Bonchev–Trinajstić information content (AvgIpc) is 3.41. The summed E-state index contributed by atoms with van der Waals surface area (Å²) in [7, 11) is 4.32. The molecule has 0 fully saturated rings. The number of carbonyl (C=O) groups excluding carboxylic acids is 3. The number of hydrogen-bond acceptors (Lipinski definition) is 16. The summed E-state index contributed by atoms with van der Waals surface area (Å²) < 4.78 is 45.9. The number of esters is 2. The summed E-state index contributed by atoms with van der Waals surface area (Å²) in [5.74, 6) is -1.31. The predicted octanol–water partition coefficient (Wildman–Crippen LogP) is 7.69. The molecule has 0 amide bonds. The number of fused-ring (bicyclic) bond motifs is 1. The topological polar surface area (TPSA) is 203 Å². The second kappa shape index (κ2) is 21.8. The van der Waals surface area contributed by atoms with Gasteiger partial charge in [-0.25, -0.2) is 0 Å². The molecule has 362 valence electrons. The van der Waals surface area contributed by atoms with Crippen molar-refractivity contribution in [2.24, 2.45) is 5.92 Å². The number of aromatic hydroxyl groups is 1. The van der Waals surface area contributed by atoms with Gasteiger partial charge in [0, 0.05) is 88.4 Å². The van der Waals surface area contributed by atoms with Crippen LogP contribution in [0, 0.1) is 5.92 Å². The highest BCUT2D eigenvalue weighted by Crippen LogP contribution is 2.55. The highest BCUT2D eigenvalue weighted by molar-refractivity contribution is 6.40. The van der Waals surface area contributed by atoms with Gasteiger partial charge in [0.25, 0.3) is 0 Å². The fourth-order valence-corrected chi connectivity index (χ4v) is 9.15. The summed E-state index contributed by atoms with van der Waals surface area (Å²) >= 11 is 0. The zero-order chi connectivity index (χ0) is 48.7. The Morgan fingerprint density at radius 2 is 1.33 bits per heavy atom. The van der Waals surface area contributed by atoms with Gasteiger partial charge in [-0.2, -0.15) is 0 Å². The molecular weight excluding hydrogens is 865 g/mol. The normalized spacial score (nSPS) is 13.7. The lowest BCUT2D eigenvalue weighted by molar-refractivity contribution is -0.147. The molecule has 6 rings (SSSR count). The number of nitrogens with one attached hydrogen (secondary N) is 2. The maximum absolute atomic E-state index is 15.0. The van der Waals surface area contributed by atoms with Gasteiger partial charge in [0.15, 0.2) is 5.75 Å². The molecule has 5 aromatic rings. The van der Waals surface area contributed by atoms with Crippen molar-refractivity contribution in [3.05, 3.63) is 49.3 Å². The summed E-state index contributed by atoms with van der Waals surface area (Å²) in [5.41, 5.74) is 0.407. The Bertz CT molecular complexity index is 2780. The van der Waals surface area contributed by atoms with E-state index in [1.54, 1.807) is 19.1 Å². The Morgan fingerprint density at radius 1 is 0.731 bits per heavy atom. The molecule has 1 aliphatic rings. The first-order valence-electron chi connectivity index (χ1n) is 22.9. The van der Waals surface area contributed by atoms with Crippen LogP contribution in [0.15, 0.2) is 27.3 Å². The SMILES string of the molecule is CCOC(C)(C)CCC(=O)OCCOCCNc1c2c3c4c(c(OC)c(=O)c5c(NCCOCCOC(=O)CCC(C)C)cc(OC)c(c6c(OC)cc(O)c(c1=O)c63)c54)C(C(C)=O)C(C)=C2. The number of carbonyl (C=O) groups is 3. The summed E-state index contributed by atoms with van der Waals surface area (Å²) in [4.78, 5) is 68.2. The first-order chi connectivity index (χ1) is 32.0. The molecule has 1 unspecified atom stereocenters. The summed E-state index contributed by atoms with van der Waals surface area (Å²) in [6.45, 7) is 14.7. The zero-order valence-corrected chi connectivity index (χ0v) is 40.3. The molecule has 67 heavy (non-hydrogen) atoms. The van der Waals surface area contributed by atoms with Gasteiger partial charge in [0.2, 0.25) is 10.9 Å². The van der Waals surface area contributed by atoms with Crippen LogP contribution in [0.5, 0.6) is 23.0 Å². The molecule has 5 aromatic carbocycles. The minimum atomic E-state index is -0.965. The Labute approximate surface area is 389 Å². The number of Topliss-reactive ketones (excluding diaryl/α,β-unsaturated/α-hetero) is 1. The molecule has 0 spiro atoms. The molecule has 0 heterocycles. The van der Waals surface area contributed by atoms with Crippen molar-refractivity contribution in [3.63, 3.8) is 0 Å². The number of anilines is 2. The molecule has 0 saturated carbocycles. The molecule has 0 radical (unpaired) electrons. The van der Waals surface area contributed by atoms with Gasteiger partial charge in [-0.1, -0.05) is 25.5 Å². The molecule has 0 aromatic heterocycles. The van der Waals surface area contributed by atoms with Gasteiger partial charge in [0.05, 0.1) is 75.7 Å². The van der Waals surface area contributed by atoms with Crippen molar-refractivity contribution in [2.45, 2.75) is 85.7 Å². The van der Waals surface area contributed by atoms with Crippen LogP contribution in [0.25, 0.3) is 49.2 Å². The molecule has 3 N–H and O–H groups in total. The van der Waals surface area contributed by atoms with E-state index in [0.717, 1.165) is 6.42 Å². The summed E-state index contributed by atoms with van der Waals surface area (Å²) in [6.07, 6.45) is 3.57. The van der Waals surface area contributed by atoms with Crippen LogP contribution in [-0.2, 0) is 38.1 Å². The highest BCUT2D eigenvalue weighted by atomic mass is 16.6. The average molecular weight is 929 g/mol. The number of phenols is 1. The number of methoxy groups -OCH3 is 3. The van der Waals surface area contributed by atoms with Gasteiger partial charge < -0.3 is 53.6 Å². The van der Waals surface area contributed by atoms with E-state index in [1.165, 1.54) is 34.3 Å². The predicted molar refractivity (Wildman–Crippen MR) is 259 cm³/mol. The van der Waals surface area contributed by atoms with E-state index in [1.807, 2.05) is 34.6 Å². The van der Waals surface area contributed by atoms with Gasteiger partial charge in [0.1, 0.15) is 36.2 Å². The van der Waals surface area contributed by atoms with E-state index in [9.17, 15) is 24.3 Å². The summed E-state index contributed by atoms with van der Waals surface area (Å²) in [5, 5.41) is 21.2. The van der Waals surface area contributed by atoms with Crippen LogP contribution < -0.4 is 35.7 Å². The van der Waals surface area contributed by atoms with Crippen LogP contribution in [-0.4, -0.2) is 109 Å². The fraction of sp³-hybridized carbons (Fsp3) is 0.510. The number of rotatable bonds is 26. The van der Waals surface area contributed by atoms with Gasteiger partial charge >= 0.3 is 11.9 Å². The Balaban J connectivity index is 1.43. The monoisotopic (exact) mass is 928 g/mol. The third-order valence-electron chi connectivity index (χ3n) is 12.2. The lowest BCUT2D eigenvalue weighted by atomic mass is 9.80. The molecule has 16 nitrogen and oxygen atoms in total. The van der Waals surface area contributed by atoms with Crippen LogP contribution in [0.1, 0.15) is 91.2 Å². The van der Waals surface area contributed by atoms with E-state index in [2.05, 4.69) is 10.6 Å². The van der Waals surface area contributed by atoms with Crippen molar-refractivity contribution in [1.82, 2.24) is 0 Å². The van der Waals surface area contributed by atoms with E-state index in [-0.39, 0.29) is 111 Å². The van der Waals surface area contributed by atoms with E-state index in [0.29, 0.717) is 85.8 Å². The van der Waals surface area contributed by atoms with Crippen LogP contribution in [0.4, 0.5) is 11.4 Å². The van der Waals surface area contributed by atoms with Crippen LogP contribution in [0.3, 0.4) is 0 Å². The number of hydrogen-bond donors (Lipinski definition) is 3. The highest BCUT2D eigenvalue weighted by Gasteiger charge is 2.37. The van der Waals surface area contributed by atoms with Crippen molar-refractivity contribution in [2.75, 3.05) is 91.3 Å².